The topological polar surface area (TPSA) is 46.5 Å². The summed E-state index contributed by atoms with van der Waals surface area (Å²) < 4.78 is 4.61. The van der Waals surface area contributed by atoms with E-state index < -0.39 is 0 Å². The number of methoxy groups -OCH3 is 1. The summed E-state index contributed by atoms with van der Waals surface area (Å²) in [6.07, 6.45) is 5.21. The van der Waals surface area contributed by atoms with Crippen LogP contribution in [0.5, 0.6) is 0 Å². The van der Waals surface area contributed by atoms with Crippen LogP contribution >= 0.6 is 0 Å². The highest BCUT2D eigenvalue weighted by atomic mass is 16.5. The highest BCUT2D eigenvalue weighted by Crippen LogP contribution is 2.45. The van der Waals surface area contributed by atoms with Gasteiger partial charge in [-0.2, -0.15) is 0 Å². The maximum Gasteiger partial charge on any atom is 0.305 e. The molecule has 0 saturated heterocycles. The first kappa shape index (κ1) is 8.75. The number of carbonyl (C=O) groups excluding carboxylic acids is 1. The minimum atomic E-state index is -0.255. The molecule has 72 valence electrons. The molecular weight excluding hydrogens is 168 g/mol. The Morgan fingerprint density at radius 1 is 1.62 bits per heavy atom. The summed E-state index contributed by atoms with van der Waals surface area (Å²) in [6, 6.07) is 0. The van der Waals surface area contributed by atoms with Gasteiger partial charge in [-0.1, -0.05) is 12.2 Å². The summed E-state index contributed by atoms with van der Waals surface area (Å²) in [7, 11) is 1.40. The van der Waals surface area contributed by atoms with Crippen LogP contribution in [-0.4, -0.2) is 24.3 Å². The third kappa shape index (κ3) is 1.37. The normalized spacial score (nSPS) is 41.1. The third-order valence-electron chi connectivity index (χ3n) is 3.19. The van der Waals surface area contributed by atoms with Crippen LogP contribution in [0.25, 0.3) is 0 Å². The quantitative estimate of drug-likeness (QED) is 0.506. The Morgan fingerprint density at radius 2 is 2.38 bits per heavy atom. The van der Waals surface area contributed by atoms with Gasteiger partial charge in [0, 0.05) is 18.3 Å². The van der Waals surface area contributed by atoms with Crippen LogP contribution in [0.1, 0.15) is 12.8 Å². The Labute approximate surface area is 77.4 Å². The highest BCUT2D eigenvalue weighted by molar-refractivity contribution is 5.69. The van der Waals surface area contributed by atoms with Gasteiger partial charge in [0.05, 0.1) is 13.2 Å². The predicted octanol–water partition coefficient (Wildman–Crippen LogP) is 0.732. The second-order valence-electron chi connectivity index (χ2n) is 3.89. The standard InChI is InChI=1S/C10H14O3/c1-13-9(11)5-7-4-6-2-3-8(7)10(6)12/h2-3,6-8,10,12H,4-5H2,1H3. The van der Waals surface area contributed by atoms with Gasteiger partial charge in [-0.15, -0.1) is 0 Å². The summed E-state index contributed by atoms with van der Waals surface area (Å²) in [5.41, 5.74) is 0. The van der Waals surface area contributed by atoms with Crippen molar-refractivity contribution in [2.75, 3.05) is 7.11 Å². The second-order valence-corrected chi connectivity index (χ2v) is 3.89. The van der Waals surface area contributed by atoms with Gasteiger partial charge in [0.1, 0.15) is 0 Å². The number of fused-ring (bicyclic) bond motifs is 2. The van der Waals surface area contributed by atoms with Crippen molar-refractivity contribution >= 4 is 5.97 Å². The van der Waals surface area contributed by atoms with Gasteiger partial charge >= 0.3 is 5.97 Å². The van der Waals surface area contributed by atoms with E-state index in [2.05, 4.69) is 10.8 Å². The third-order valence-corrected chi connectivity index (χ3v) is 3.19. The first-order chi connectivity index (χ1) is 6.22. The van der Waals surface area contributed by atoms with Crippen molar-refractivity contribution in [3.8, 4) is 0 Å². The van der Waals surface area contributed by atoms with Crippen molar-refractivity contribution in [3.05, 3.63) is 12.2 Å². The number of ether oxygens (including phenoxy) is 1. The molecule has 0 aliphatic heterocycles. The van der Waals surface area contributed by atoms with Crippen molar-refractivity contribution in [1.82, 2.24) is 0 Å². The van der Waals surface area contributed by atoms with Gasteiger partial charge in [0.15, 0.2) is 0 Å². The van der Waals surface area contributed by atoms with E-state index in [9.17, 15) is 9.90 Å². The van der Waals surface area contributed by atoms with Crippen LogP contribution in [0.3, 0.4) is 0 Å². The number of rotatable bonds is 2. The molecule has 1 saturated carbocycles. The van der Waals surface area contributed by atoms with Crippen molar-refractivity contribution < 1.29 is 14.6 Å². The Hall–Kier alpha value is -0.830. The van der Waals surface area contributed by atoms with Gasteiger partial charge in [-0.25, -0.2) is 0 Å². The van der Waals surface area contributed by atoms with Crippen molar-refractivity contribution in [2.45, 2.75) is 18.9 Å². The monoisotopic (exact) mass is 182 g/mol. The van der Waals surface area contributed by atoms with E-state index in [0.717, 1.165) is 6.42 Å². The molecule has 0 aromatic carbocycles. The fourth-order valence-corrected chi connectivity index (χ4v) is 2.46. The van der Waals surface area contributed by atoms with E-state index in [1.54, 1.807) is 0 Å². The number of carbonyl (C=O) groups is 1. The maximum absolute atomic E-state index is 11.0. The lowest BCUT2D eigenvalue weighted by Gasteiger charge is -2.16. The molecule has 13 heavy (non-hydrogen) atoms. The number of aliphatic hydroxyl groups is 1. The summed E-state index contributed by atoms with van der Waals surface area (Å²) >= 11 is 0. The van der Waals surface area contributed by atoms with Crippen LogP contribution in [0.15, 0.2) is 12.2 Å². The molecule has 4 atom stereocenters. The van der Waals surface area contributed by atoms with Gasteiger partial charge in [-0.3, -0.25) is 4.79 Å². The predicted molar refractivity (Wildman–Crippen MR) is 46.9 cm³/mol. The van der Waals surface area contributed by atoms with Gasteiger partial charge in [-0.05, 0) is 12.3 Å². The lowest BCUT2D eigenvalue weighted by molar-refractivity contribution is -0.142. The molecule has 2 aliphatic rings. The van der Waals surface area contributed by atoms with Crippen LogP contribution in [0.4, 0.5) is 0 Å². The molecule has 0 aromatic heterocycles. The molecule has 2 bridgehead atoms. The molecule has 3 nitrogen and oxygen atoms in total. The summed E-state index contributed by atoms with van der Waals surface area (Å²) in [4.78, 5) is 11.0. The summed E-state index contributed by atoms with van der Waals surface area (Å²) in [5.74, 6) is 0.583. The number of hydrogen-bond donors (Lipinski definition) is 1. The lowest BCUT2D eigenvalue weighted by Crippen LogP contribution is -2.18. The zero-order valence-corrected chi connectivity index (χ0v) is 7.64. The molecule has 0 spiro atoms. The van der Waals surface area contributed by atoms with Gasteiger partial charge in [0.25, 0.3) is 0 Å². The summed E-state index contributed by atoms with van der Waals surface area (Å²) in [6.45, 7) is 0. The minimum Gasteiger partial charge on any atom is -0.469 e. The fourth-order valence-electron chi connectivity index (χ4n) is 2.46. The Kier molecular flexibility index (Phi) is 2.12. The number of hydrogen-bond acceptors (Lipinski definition) is 3. The maximum atomic E-state index is 11.0. The Bertz CT molecular complexity index is 247. The SMILES string of the molecule is COC(=O)CC1CC2C=CC1C2O. The minimum absolute atomic E-state index is 0.168. The molecular formula is C10H14O3. The van der Waals surface area contributed by atoms with Crippen molar-refractivity contribution in [3.63, 3.8) is 0 Å². The van der Waals surface area contributed by atoms with Crippen LogP contribution in [-0.2, 0) is 9.53 Å². The summed E-state index contributed by atoms with van der Waals surface area (Å²) in [5, 5.41) is 9.67. The Morgan fingerprint density at radius 3 is 2.85 bits per heavy atom. The molecule has 4 unspecified atom stereocenters. The smallest absolute Gasteiger partial charge is 0.305 e. The van der Waals surface area contributed by atoms with E-state index in [1.807, 2.05) is 6.08 Å². The first-order valence-electron chi connectivity index (χ1n) is 4.65. The number of aliphatic hydroxyl groups excluding tert-OH is 1. The molecule has 0 amide bonds. The van der Waals surface area contributed by atoms with E-state index >= 15 is 0 Å². The molecule has 3 heteroatoms. The molecule has 0 aromatic rings. The van der Waals surface area contributed by atoms with Crippen LogP contribution < -0.4 is 0 Å². The zero-order valence-electron chi connectivity index (χ0n) is 7.64. The van der Waals surface area contributed by atoms with E-state index in [-0.39, 0.29) is 29.8 Å². The van der Waals surface area contributed by atoms with Gasteiger partial charge < -0.3 is 9.84 Å². The average Bonchev–Trinajstić information content (AvgIpc) is 2.61. The van der Waals surface area contributed by atoms with Crippen LogP contribution in [0.2, 0.25) is 0 Å². The van der Waals surface area contributed by atoms with Gasteiger partial charge in [0.2, 0.25) is 0 Å². The highest BCUT2D eigenvalue weighted by Gasteiger charge is 2.44. The fraction of sp³-hybridized carbons (Fsp3) is 0.700. The first-order valence-corrected chi connectivity index (χ1v) is 4.65. The lowest BCUT2D eigenvalue weighted by atomic mass is 9.90. The van der Waals surface area contributed by atoms with Crippen molar-refractivity contribution in [1.29, 1.82) is 0 Å². The molecule has 0 radical (unpaired) electrons. The molecule has 1 N–H and O–H groups in total. The van der Waals surface area contributed by atoms with E-state index in [4.69, 9.17) is 0 Å². The molecule has 2 rings (SSSR count). The van der Waals surface area contributed by atoms with E-state index in [0.29, 0.717) is 6.42 Å². The van der Waals surface area contributed by atoms with Crippen molar-refractivity contribution in [2.24, 2.45) is 17.8 Å². The Balaban J connectivity index is 1.97. The average molecular weight is 182 g/mol. The molecule has 2 aliphatic carbocycles. The van der Waals surface area contributed by atoms with E-state index in [1.165, 1.54) is 7.11 Å². The van der Waals surface area contributed by atoms with Crippen LogP contribution in [0, 0.1) is 17.8 Å². The number of esters is 1. The molecule has 0 heterocycles. The molecule has 1 fully saturated rings. The largest absolute Gasteiger partial charge is 0.469 e. The zero-order chi connectivity index (χ0) is 9.42. The second kappa shape index (κ2) is 3.14.